The van der Waals surface area contributed by atoms with Gasteiger partial charge in [-0.1, -0.05) is 19.3 Å². The molecule has 3 N–H and O–H groups in total. The zero-order valence-corrected chi connectivity index (χ0v) is 19.9. The lowest BCUT2D eigenvalue weighted by molar-refractivity contribution is -0.0160. The molecule has 0 aromatic rings. The van der Waals surface area contributed by atoms with Crippen LogP contribution in [-0.4, -0.2) is 51.4 Å². The zero-order valence-electron chi connectivity index (χ0n) is 19.9. The minimum absolute atomic E-state index is 0.0699. The summed E-state index contributed by atoms with van der Waals surface area (Å²) in [4.78, 5) is 8.23. The highest BCUT2D eigenvalue weighted by Crippen LogP contribution is 2.44. The monoisotopic (exact) mass is 390 g/mol. The standard InChI is InChI=1S/C24H46N4/c1-21(2)15-17(16-22(3,4)27-21)26-20-19(25)18-13-11-9-10-12-14-28(23(18,5)6)24(20,7)8/h17-19,27H,9-16,25H2,1-8H3. The minimum Gasteiger partial charge on any atom is -0.323 e. The van der Waals surface area contributed by atoms with Crippen LogP contribution in [0.3, 0.4) is 0 Å². The first-order valence-corrected chi connectivity index (χ1v) is 11.7. The molecule has 28 heavy (non-hydrogen) atoms. The average molecular weight is 391 g/mol. The Morgan fingerprint density at radius 1 is 0.893 bits per heavy atom. The molecule has 0 amide bonds. The van der Waals surface area contributed by atoms with Crippen LogP contribution in [0.5, 0.6) is 0 Å². The summed E-state index contributed by atoms with van der Waals surface area (Å²) in [6, 6.07) is 0.417. The smallest absolute Gasteiger partial charge is 0.0553 e. The lowest BCUT2D eigenvalue weighted by Gasteiger charge is -2.59. The van der Waals surface area contributed by atoms with E-state index in [2.05, 4.69) is 65.6 Å². The Bertz CT molecular complexity index is 586. The van der Waals surface area contributed by atoms with E-state index in [9.17, 15) is 0 Å². The highest BCUT2D eigenvalue weighted by Gasteiger charge is 2.54. The maximum absolute atomic E-state index is 7.03. The van der Waals surface area contributed by atoms with E-state index in [-0.39, 0.29) is 28.2 Å². The molecule has 4 heteroatoms. The predicted molar refractivity (Wildman–Crippen MR) is 121 cm³/mol. The van der Waals surface area contributed by atoms with Crippen LogP contribution < -0.4 is 11.1 Å². The van der Waals surface area contributed by atoms with Gasteiger partial charge < -0.3 is 11.1 Å². The van der Waals surface area contributed by atoms with Gasteiger partial charge in [-0.15, -0.1) is 0 Å². The molecule has 4 nitrogen and oxygen atoms in total. The van der Waals surface area contributed by atoms with Crippen LogP contribution in [0, 0.1) is 5.92 Å². The number of nitrogens with one attached hydrogen (secondary N) is 1. The van der Waals surface area contributed by atoms with Crippen molar-refractivity contribution in [2.45, 2.75) is 135 Å². The number of piperidine rings is 2. The quantitative estimate of drug-likeness (QED) is 0.692. The Labute approximate surface area is 174 Å². The third-order valence-electron chi connectivity index (χ3n) is 7.79. The van der Waals surface area contributed by atoms with Gasteiger partial charge in [-0.3, -0.25) is 9.89 Å². The predicted octanol–water partition coefficient (Wildman–Crippen LogP) is 4.52. The topological polar surface area (TPSA) is 53.6 Å². The van der Waals surface area contributed by atoms with Crippen molar-refractivity contribution in [1.82, 2.24) is 10.2 Å². The minimum atomic E-state index is -0.0804. The Hall–Kier alpha value is -0.450. The second kappa shape index (κ2) is 7.35. The van der Waals surface area contributed by atoms with E-state index in [0.29, 0.717) is 12.0 Å². The summed E-state index contributed by atoms with van der Waals surface area (Å²) < 4.78 is 0. The molecule has 0 radical (unpaired) electrons. The Morgan fingerprint density at radius 2 is 1.46 bits per heavy atom. The van der Waals surface area contributed by atoms with Crippen LogP contribution >= 0.6 is 0 Å². The number of rotatable bonds is 1. The van der Waals surface area contributed by atoms with Crippen LogP contribution in [0.15, 0.2) is 4.99 Å². The van der Waals surface area contributed by atoms with Crippen molar-refractivity contribution < 1.29 is 0 Å². The lowest BCUT2D eigenvalue weighted by Crippen LogP contribution is -2.73. The first-order valence-electron chi connectivity index (χ1n) is 11.7. The highest BCUT2D eigenvalue weighted by atomic mass is 15.3. The molecular formula is C24H46N4. The van der Waals surface area contributed by atoms with Gasteiger partial charge in [-0.25, -0.2) is 0 Å². The third-order valence-corrected chi connectivity index (χ3v) is 7.79. The Balaban J connectivity index is 2.00. The largest absolute Gasteiger partial charge is 0.323 e. The Kier molecular flexibility index (Phi) is 5.84. The molecule has 162 valence electrons. The molecule has 3 atom stereocenters. The van der Waals surface area contributed by atoms with Gasteiger partial charge in [0.15, 0.2) is 0 Å². The van der Waals surface area contributed by atoms with Gasteiger partial charge in [-0.05, 0) is 93.5 Å². The summed E-state index contributed by atoms with van der Waals surface area (Å²) in [5.74, 6) is 0.486. The number of hydrogen-bond donors (Lipinski definition) is 2. The van der Waals surface area contributed by atoms with E-state index in [1.54, 1.807) is 0 Å². The molecule has 0 spiro atoms. The number of nitrogens with two attached hydrogens (primary N) is 1. The summed E-state index contributed by atoms with van der Waals surface area (Å²) >= 11 is 0. The second-order valence-corrected chi connectivity index (χ2v) is 12.2. The van der Waals surface area contributed by atoms with Crippen LogP contribution in [0.1, 0.15) is 100 Å². The van der Waals surface area contributed by atoms with Crippen molar-refractivity contribution in [1.29, 1.82) is 0 Å². The molecule has 0 aromatic heterocycles. The number of aliphatic imine (C=N–C) groups is 1. The van der Waals surface area contributed by atoms with Crippen molar-refractivity contribution in [3.05, 3.63) is 0 Å². The van der Waals surface area contributed by atoms with Crippen molar-refractivity contribution in [2.75, 3.05) is 6.54 Å². The van der Waals surface area contributed by atoms with Crippen molar-refractivity contribution in [3.63, 3.8) is 0 Å². The molecule has 0 saturated carbocycles. The normalized spacial score (nSPS) is 39.0. The summed E-state index contributed by atoms with van der Waals surface area (Å²) in [5, 5.41) is 3.80. The molecular weight excluding hydrogens is 344 g/mol. The lowest BCUT2D eigenvalue weighted by atomic mass is 9.66. The van der Waals surface area contributed by atoms with E-state index < -0.39 is 0 Å². The fourth-order valence-corrected chi connectivity index (χ4v) is 6.99. The molecule has 3 aliphatic rings. The zero-order chi connectivity index (χ0) is 21.0. The molecule has 3 saturated heterocycles. The molecule has 3 fully saturated rings. The van der Waals surface area contributed by atoms with Gasteiger partial charge in [0.25, 0.3) is 0 Å². The van der Waals surface area contributed by atoms with E-state index >= 15 is 0 Å². The van der Waals surface area contributed by atoms with Gasteiger partial charge in [0.05, 0.1) is 11.6 Å². The molecule has 0 aromatic carbocycles. The summed E-state index contributed by atoms with van der Waals surface area (Å²) in [6.07, 6.45) is 8.66. The summed E-state index contributed by atoms with van der Waals surface area (Å²) in [7, 11) is 0. The first-order chi connectivity index (χ1) is 12.8. The number of hydrogen-bond acceptors (Lipinski definition) is 4. The highest BCUT2D eigenvalue weighted by molar-refractivity contribution is 5.98. The van der Waals surface area contributed by atoms with Crippen LogP contribution in [0.4, 0.5) is 0 Å². The van der Waals surface area contributed by atoms with Gasteiger partial charge >= 0.3 is 0 Å². The van der Waals surface area contributed by atoms with Gasteiger partial charge in [0, 0.05) is 28.4 Å². The van der Waals surface area contributed by atoms with Crippen molar-refractivity contribution in [3.8, 4) is 0 Å². The number of fused-ring (bicyclic) bond motifs is 2. The SMILES string of the molecule is CC1(C)CC(N=C2C(N)C3CCCCCCN(C2(C)C)C3(C)C)CC(C)(C)N1. The van der Waals surface area contributed by atoms with Gasteiger partial charge in [-0.2, -0.15) is 0 Å². The van der Waals surface area contributed by atoms with E-state index in [1.165, 1.54) is 37.8 Å². The van der Waals surface area contributed by atoms with E-state index in [0.717, 1.165) is 19.4 Å². The Morgan fingerprint density at radius 3 is 2.07 bits per heavy atom. The number of nitrogens with zero attached hydrogens (tertiary/aromatic N) is 2. The van der Waals surface area contributed by atoms with Crippen LogP contribution in [-0.2, 0) is 0 Å². The molecule has 3 rings (SSSR count). The fourth-order valence-electron chi connectivity index (χ4n) is 6.99. The summed E-state index contributed by atoms with van der Waals surface area (Å²) in [5.41, 5.74) is 8.56. The van der Waals surface area contributed by atoms with E-state index in [1.807, 2.05) is 0 Å². The maximum Gasteiger partial charge on any atom is 0.0553 e. The average Bonchev–Trinajstić information content (AvgIpc) is 2.55. The molecule has 3 aliphatic heterocycles. The summed E-state index contributed by atoms with van der Waals surface area (Å²) in [6.45, 7) is 20.0. The van der Waals surface area contributed by atoms with Crippen LogP contribution in [0.25, 0.3) is 0 Å². The molecule has 0 aliphatic carbocycles. The van der Waals surface area contributed by atoms with Gasteiger partial charge in [0.1, 0.15) is 0 Å². The van der Waals surface area contributed by atoms with E-state index in [4.69, 9.17) is 10.7 Å². The maximum atomic E-state index is 7.03. The fraction of sp³-hybridized carbons (Fsp3) is 0.958. The van der Waals surface area contributed by atoms with Crippen molar-refractivity contribution in [2.24, 2.45) is 16.6 Å². The molecule has 3 unspecified atom stereocenters. The molecule has 2 bridgehead atoms. The van der Waals surface area contributed by atoms with Crippen molar-refractivity contribution >= 4 is 5.71 Å². The van der Waals surface area contributed by atoms with Crippen LogP contribution in [0.2, 0.25) is 0 Å². The first kappa shape index (κ1) is 22.2. The third kappa shape index (κ3) is 4.20. The molecule has 3 heterocycles. The second-order valence-electron chi connectivity index (χ2n) is 12.2. The van der Waals surface area contributed by atoms with Gasteiger partial charge in [0.2, 0.25) is 0 Å².